The van der Waals surface area contributed by atoms with Crippen molar-refractivity contribution in [2.45, 2.75) is 6.92 Å². The number of benzene rings is 1. The predicted molar refractivity (Wildman–Crippen MR) is 40.2 cm³/mol. The fraction of sp³-hybridized carbons (Fsp3) is 0.125. The van der Waals surface area contributed by atoms with Gasteiger partial charge in [-0.25, -0.2) is 0 Å². The maximum Gasteiger partial charge on any atom is 0.138 e. The Balaban J connectivity index is 2.79. The number of aryl methyl sites for hydroxylation is 1. The molecule has 0 bridgehead atoms. The first-order chi connectivity index (χ1) is 5.18. The van der Waals surface area contributed by atoms with Gasteiger partial charge in [0.1, 0.15) is 6.09 Å². The third kappa shape index (κ3) is 2.29. The molecule has 0 aliphatic heterocycles. The third-order valence-electron chi connectivity index (χ3n) is 1.26. The first-order valence-electron chi connectivity index (χ1n) is 3.23. The van der Waals surface area contributed by atoms with Crippen LogP contribution in [0.4, 0.5) is 10.5 Å². The highest BCUT2D eigenvalue weighted by Gasteiger charge is 1.89. The Hall–Kier alpha value is -1.51. The van der Waals surface area contributed by atoms with Gasteiger partial charge < -0.3 is 15.2 Å². The maximum absolute atomic E-state index is 10.1. The minimum atomic E-state index is -1.28. The van der Waals surface area contributed by atoms with Crippen LogP contribution in [-0.4, -0.2) is 6.09 Å². The van der Waals surface area contributed by atoms with Gasteiger partial charge in [-0.15, -0.1) is 0 Å². The van der Waals surface area contributed by atoms with Gasteiger partial charge in [0, 0.05) is 5.69 Å². The number of amides is 1. The second kappa shape index (κ2) is 3.05. The highest BCUT2D eigenvalue weighted by atomic mass is 16.4. The standard InChI is InChI=1S/C8H9NO2/c1-6-3-2-4-7(5-6)9-8(10)11/h2-5,9H,1H3,(H,10,11)/p-1. The lowest BCUT2D eigenvalue weighted by Gasteiger charge is -2.05. The lowest BCUT2D eigenvalue weighted by Crippen LogP contribution is -2.28. The minimum Gasteiger partial charge on any atom is -0.530 e. The van der Waals surface area contributed by atoms with Crippen LogP contribution in [0.2, 0.25) is 0 Å². The molecule has 0 aromatic heterocycles. The van der Waals surface area contributed by atoms with Crippen molar-refractivity contribution in [2.24, 2.45) is 0 Å². The van der Waals surface area contributed by atoms with Crippen LogP contribution in [-0.2, 0) is 0 Å². The number of carboxylic acid groups (broad SMARTS) is 1. The molecule has 0 atom stereocenters. The third-order valence-corrected chi connectivity index (χ3v) is 1.26. The molecule has 3 nitrogen and oxygen atoms in total. The second-order valence-corrected chi connectivity index (χ2v) is 2.28. The molecular formula is C8H8NO2-. The van der Waals surface area contributed by atoms with Crippen LogP contribution >= 0.6 is 0 Å². The molecule has 1 amide bonds. The van der Waals surface area contributed by atoms with Crippen LogP contribution in [0.25, 0.3) is 0 Å². The Labute approximate surface area is 64.7 Å². The van der Waals surface area contributed by atoms with Crippen LogP contribution in [0.5, 0.6) is 0 Å². The van der Waals surface area contributed by atoms with Crippen molar-refractivity contribution in [3.63, 3.8) is 0 Å². The minimum absolute atomic E-state index is 0.546. The van der Waals surface area contributed by atoms with Gasteiger partial charge in [-0.1, -0.05) is 12.1 Å². The molecule has 0 saturated carbocycles. The molecule has 11 heavy (non-hydrogen) atoms. The van der Waals surface area contributed by atoms with Crippen molar-refractivity contribution < 1.29 is 9.90 Å². The van der Waals surface area contributed by atoms with Gasteiger partial charge in [-0.05, 0) is 24.6 Å². The van der Waals surface area contributed by atoms with Gasteiger partial charge in [-0.2, -0.15) is 0 Å². The van der Waals surface area contributed by atoms with Crippen LogP contribution in [0, 0.1) is 6.92 Å². The molecule has 1 N–H and O–H groups in total. The molecule has 3 heteroatoms. The Morgan fingerprint density at radius 3 is 2.82 bits per heavy atom. The molecular weight excluding hydrogens is 142 g/mol. The summed E-state index contributed by atoms with van der Waals surface area (Å²) in [7, 11) is 0. The summed E-state index contributed by atoms with van der Waals surface area (Å²) in [6.45, 7) is 1.89. The summed E-state index contributed by atoms with van der Waals surface area (Å²) in [5.41, 5.74) is 1.56. The van der Waals surface area contributed by atoms with Crippen molar-refractivity contribution >= 4 is 11.8 Å². The number of hydrogen-bond donors (Lipinski definition) is 1. The van der Waals surface area contributed by atoms with E-state index in [9.17, 15) is 9.90 Å². The number of carbonyl (C=O) groups is 1. The fourth-order valence-corrected chi connectivity index (χ4v) is 0.841. The monoisotopic (exact) mass is 150 g/mol. The number of carbonyl (C=O) groups excluding carboxylic acids is 1. The zero-order valence-corrected chi connectivity index (χ0v) is 6.13. The van der Waals surface area contributed by atoms with E-state index in [1.165, 1.54) is 0 Å². The van der Waals surface area contributed by atoms with Gasteiger partial charge in [0.2, 0.25) is 0 Å². The summed E-state index contributed by atoms with van der Waals surface area (Å²) in [5.74, 6) is 0. The first-order valence-corrected chi connectivity index (χ1v) is 3.23. The molecule has 1 aromatic carbocycles. The molecule has 0 radical (unpaired) electrons. The molecule has 1 aromatic rings. The lowest BCUT2D eigenvalue weighted by molar-refractivity contribution is -0.242. The van der Waals surface area contributed by atoms with E-state index < -0.39 is 6.09 Å². The van der Waals surface area contributed by atoms with Gasteiger partial charge in [0.25, 0.3) is 0 Å². The summed E-state index contributed by atoms with van der Waals surface area (Å²) in [6.07, 6.45) is -1.28. The maximum atomic E-state index is 10.1. The average molecular weight is 150 g/mol. The zero-order chi connectivity index (χ0) is 8.27. The van der Waals surface area contributed by atoms with E-state index in [1.54, 1.807) is 18.2 Å². The average Bonchev–Trinajstić information content (AvgIpc) is 1.85. The summed E-state index contributed by atoms with van der Waals surface area (Å²) < 4.78 is 0. The van der Waals surface area contributed by atoms with Gasteiger partial charge >= 0.3 is 0 Å². The van der Waals surface area contributed by atoms with E-state index in [4.69, 9.17) is 0 Å². The Morgan fingerprint density at radius 2 is 2.27 bits per heavy atom. The molecule has 0 unspecified atom stereocenters. The summed E-state index contributed by atoms with van der Waals surface area (Å²) in [6, 6.07) is 7.07. The quantitative estimate of drug-likeness (QED) is 0.642. The van der Waals surface area contributed by atoms with Crippen molar-refractivity contribution in [2.75, 3.05) is 5.32 Å². The van der Waals surface area contributed by atoms with Crippen LogP contribution in [0.15, 0.2) is 24.3 Å². The molecule has 0 spiro atoms. The summed E-state index contributed by atoms with van der Waals surface area (Å²) in [4.78, 5) is 10.1. The molecule has 0 saturated heterocycles. The number of hydrogen-bond acceptors (Lipinski definition) is 2. The lowest BCUT2D eigenvalue weighted by atomic mass is 10.2. The first kappa shape index (κ1) is 7.60. The number of rotatable bonds is 1. The van der Waals surface area contributed by atoms with Crippen LogP contribution < -0.4 is 10.4 Å². The molecule has 0 heterocycles. The molecule has 0 aliphatic rings. The van der Waals surface area contributed by atoms with Crippen molar-refractivity contribution in [3.05, 3.63) is 29.8 Å². The highest BCUT2D eigenvalue weighted by molar-refractivity contribution is 5.81. The smallest absolute Gasteiger partial charge is 0.138 e. The van der Waals surface area contributed by atoms with Crippen molar-refractivity contribution in [1.29, 1.82) is 0 Å². The van der Waals surface area contributed by atoms with E-state index >= 15 is 0 Å². The Bertz CT molecular complexity index is 271. The normalized spacial score (nSPS) is 9.18. The largest absolute Gasteiger partial charge is 0.530 e. The van der Waals surface area contributed by atoms with Crippen molar-refractivity contribution in [1.82, 2.24) is 0 Å². The van der Waals surface area contributed by atoms with Crippen molar-refractivity contribution in [3.8, 4) is 0 Å². The molecule has 1 rings (SSSR count). The van der Waals surface area contributed by atoms with Gasteiger partial charge in [0.15, 0.2) is 0 Å². The molecule has 0 aliphatic carbocycles. The summed E-state index contributed by atoms with van der Waals surface area (Å²) >= 11 is 0. The van der Waals surface area contributed by atoms with E-state index in [1.807, 2.05) is 13.0 Å². The van der Waals surface area contributed by atoms with E-state index in [0.29, 0.717) is 5.69 Å². The SMILES string of the molecule is Cc1cccc(NC(=O)[O-])c1. The predicted octanol–water partition coefficient (Wildman–Crippen LogP) is 0.750. The van der Waals surface area contributed by atoms with E-state index in [0.717, 1.165) is 5.56 Å². The van der Waals surface area contributed by atoms with Gasteiger partial charge in [0.05, 0.1) is 0 Å². The van der Waals surface area contributed by atoms with E-state index in [2.05, 4.69) is 5.32 Å². The second-order valence-electron chi connectivity index (χ2n) is 2.28. The Kier molecular flexibility index (Phi) is 2.11. The zero-order valence-electron chi connectivity index (χ0n) is 6.13. The number of nitrogens with one attached hydrogen (secondary N) is 1. The van der Waals surface area contributed by atoms with Crippen LogP contribution in [0.3, 0.4) is 0 Å². The van der Waals surface area contributed by atoms with Crippen LogP contribution in [0.1, 0.15) is 5.56 Å². The van der Waals surface area contributed by atoms with Gasteiger partial charge in [-0.3, -0.25) is 0 Å². The number of anilines is 1. The molecule has 58 valence electrons. The summed E-state index contributed by atoms with van der Waals surface area (Å²) in [5, 5.41) is 12.2. The fourth-order valence-electron chi connectivity index (χ4n) is 0.841. The van der Waals surface area contributed by atoms with E-state index in [-0.39, 0.29) is 0 Å². The molecule has 0 fully saturated rings. The highest BCUT2D eigenvalue weighted by Crippen LogP contribution is 2.08. The topological polar surface area (TPSA) is 52.2 Å². The Morgan fingerprint density at radius 1 is 1.55 bits per heavy atom.